The number of likely N-dealkylation sites (N-methyl/N-ethyl adjacent to an activating group) is 1. The maximum absolute atomic E-state index is 11.7. The van der Waals surface area contributed by atoms with E-state index in [0.29, 0.717) is 12.6 Å². The molecule has 0 bridgehead atoms. The zero-order valence-electron chi connectivity index (χ0n) is 11.2. The van der Waals surface area contributed by atoms with E-state index in [1.165, 1.54) is 12.8 Å². The van der Waals surface area contributed by atoms with E-state index in [-0.39, 0.29) is 11.9 Å². The predicted octanol–water partition coefficient (Wildman–Crippen LogP) is 1.10. The second-order valence-corrected chi connectivity index (χ2v) is 5.13. The summed E-state index contributed by atoms with van der Waals surface area (Å²) in [6, 6.07) is 0.609. The fourth-order valence-electron chi connectivity index (χ4n) is 2.49. The van der Waals surface area contributed by atoms with Crippen molar-refractivity contribution >= 4 is 5.91 Å². The van der Waals surface area contributed by atoms with Crippen molar-refractivity contribution in [3.05, 3.63) is 0 Å². The number of unbranched alkanes of at least 4 members (excludes halogenated alkanes) is 1. The summed E-state index contributed by atoms with van der Waals surface area (Å²) in [6.45, 7) is 3.39. The van der Waals surface area contributed by atoms with Crippen LogP contribution in [0.2, 0.25) is 0 Å². The number of carbonyl (C=O) groups excluding carboxylic acids is 1. The van der Waals surface area contributed by atoms with Crippen LogP contribution in [0.4, 0.5) is 0 Å². The Balaban J connectivity index is 2.26. The Bertz CT molecular complexity index is 233. The molecule has 1 rings (SSSR count). The summed E-state index contributed by atoms with van der Waals surface area (Å²) in [5.41, 5.74) is 6.10. The zero-order valence-corrected chi connectivity index (χ0v) is 11.2. The van der Waals surface area contributed by atoms with E-state index in [2.05, 4.69) is 17.1 Å². The molecule has 1 saturated carbocycles. The first-order chi connectivity index (χ1) is 8.15. The summed E-state index contributed by atoms with van der Waals surface area (Å²) < 4.78 is 0. The van der Waals surface area contributed by atoms with Crippen LogP contribution in [0.15, 0.2) is 0 Å². The van der Waals surface area contributed by atoms with E-state index in [0.717, 1.165) is 32.2 Å². The first-order valence-corrected chi connectivity index (χ1v) is 6.87. The van der Waals surface area contributed by atoms with Gasteiger partial charge in [-0.05, 0) is 26.3 Å². The van der Waals surface area contributed by atoms with Gasteiger partial charge in [0.1, 0.15) is 0 Å². The van der Waals surface area contributed by atoms with Gasteiger partial charge in [-0.25, -0.2) is 0 Å². The molecular weight excluding hydrogens is 214 g/mol. The first-order valence-electron chi connectivity index (χ1n) is 6.87. The summed E-state index contributed by atoms with van der Waals surface area (Å²) in [6.07, 6.45) is 6.85. The molecule has 0 radical (unpaired) electrons. The topological polar surface area (TPSA) is 58.4 Å². The van der Waals surface area contributed by atoms with Crippen LogP contribution in [0.25, 0.3) is 0 Å². The van der Waals surface area contributed by atoms with Crippen LogP contribution in [0, 0.1) is 0 Å². The third kappa shape index (κ3) is 5.04. The van der Waals surface area contributed by atoms with E-state index in [1.54, 1.807) is 0 Å². The highest BCUT2D eigenvalue weighted by atomic mass is 16.2. The molecule has 3 N–H and O–H groups in total. The van der Waals surface area contributed by atoms with Crippen LogP contribution in [0.1, 0.15) is 45.4 Å². The van der Waals surface area contributed by atoms with Gasteiger partial charge >= 0.3 is 0 Å². The Kier molecular flexibility index (Phi) is 6.52. The van der Waals surface area contributed by atoms with Crippen molar-refractivity contribution in [1.29, 1.82) is 0 Å². The van der Waals surface area contributed by atoms with Gasteiger partial charge in [0.05, 0.1) is 6.54 Å². The lowest BCUT2D eigenvalue weighted by Gasteiger charge is -2.35. The quantitative estimate of drug-likeness (QED) is 0.685. The monoisotopic (exact) mass is 241 g/mol. The molecule has 0 saturated heterocycles. The summed E-state index contributed by atoms with van der Waals surface area (Å²) in [5.74, 6) is 0.124. The average molecular weight is 241 g/mol. The normalized spacial score (nSPS) is 24.9. The van der Waals surface area contributed by atoms with E-state index in [9.17, 15) is 4.79 Å². The van der Waals surface area contributed by atoms with Crippen molar-refractivity contribution in [3.8, 4) is 0 Å². The Morgan fingerprint density at radius 2 is 2.12 bits per heavy atom. The third-order valence-electron chi connectivity index (χ3n) is 3.59. The molecule has 0 aromatic heterocycles. The van der Waals surface area contributed by atoms with E-state index in [4.69, 9.17) is 5.73 Å². The first kappa shape index (κ1) is 14.5. The van der Waals surface area contributed by atoms with Crippen molar-refractivity contribution in [3.63, 3.8) is 0 Å². The van der Waals surface area contributed by atoms with Crippen LogP contribution in [-0.2, 0) is 4.79 Å². The van der Waals surface area contributed by atoms with Crippen LogP contribution in [0.5, 0.6) is 0 Å². The van der Waals surface area contributed by atoms with E-state index in [1.807, 2.05) is 7.05 Å². The van der Waals surface area contributed by atoms with Gasteiger partial charge in [0.15, 0.2) is 0 Å². The molecular formula is C13H27N3O. The number of nitrogens with one attached hydrogen (secondary N) is 1. The molecule has 2 unspecified atom stereocenters. The fraction of sp³-hybridized carbons (Fsp3) is 0.923. The maximum atomic E-state index is 11.7. The second kappa shape index (κ2) is 7.67. The van der Waals surface area contributed by atoms with Gasteiger partial charge in [-0.1, -0.05) is 26.2 Å². The molecule has 0 spiro atoms. The zero-order chi connectivity index (χ0) is 12.7. The number of hydrogen-bond donors (Lipinski definition) is 2. The lowest BCUT2D eigenvalue weighted by atomic mass is 9.90. The summed E-state index contributed by atoms with van der Waals surface area (Å²) in [7, 11) is 2.01. The number of hydrogen-bond acceptors (Lipinski definition) is 3. The fourth-order valence-corrected chi connectivity index (χ4v) is 2.49. The van der Waals surface area contributed by atoms with Gasteiger partial charge in [-0.3, -0.25) is 9.69 Å². The summed E-state index contributed by atoms with van der Waals surface area (Å²) in [5, 5.41) is 2.95. The highest BCUT2D eigenvalue weighted by Crippen LogP contribution is 2.20. The molecule has 2 atom stereocenters. The molecule has 0 aliphatic heterocycles. The number of carbonyl (C=O) groups is 1. The minimum atomic E-state index is 0.124. The Labute approximate surface area is 105 Å². The van der Waals surface area contributed by atoms with E-state index < -0.39 is 0 Å². The molecule has 1 amide bonds. The lowest BCUT2D eigenvalue weighted by molar-refractivity contribution is -0.122. The molecule has 4 heteroatoms. The number of nitrogens with zero attached hydrogens (tertiary/aromatic N) is 1. The molecule has 0 aromatic carbocycles. The van der Waals surface area contributed by atoms with Crippen molar-refractivity contribution < 1.29 is 4.79 Å². The van der Waals surface area contributed by atoms with Gasteiger partial charge in [0, 0.05) is 18.6 Å². The third-order valence-corrected chi connectivity index (χ3v) is 3.59. The van der Waals surface area contributed by atoms with Crippen molar-refractivity contribution in [2.45, 2.75) is 57.5 Å². The molecule has 100 valence electrons. The van der Waals surface area contributed by atoms with Crippen LogP contribution in [0.3, 0.4) is 0 Å². The molecule has 0 heterocycles. The SMILES string of the molecule is CCCCNC(=O)CN(C)C1CCCCC1N. The van der Waals surface area contributed by atoms with Crippen LogP contribution < -0.4 is 11.1 Å². The molecule has 1 fully saturated rings. The number of rotatable bonds is 6. The van der Waals surface area contributed by atoms with Crippen LogP contribution >= 0.6 is 0 Å². The highest BCUT2D eigenvalue weighted by molar-refractivity contribution is 5.77. The van der Waals surface area contributed by atoms with Gasteiger partial charge in [0.25, 0.3) is 0 Å². The van der Waals surface area contributed by atoms with Crippen molar-refractivity contribution in [2.75, 3.05) is 20.1 Å². The lowest BCUT2D eigenvalue weighted by Crippen LogP contribution is -2.50. The van der Waals surface area contributed by atoms with Gasteiger partial charge < -0.3 is 11.1 Å². The standard InChI is InChI=1S/C13H27N3O/c1-3-4-9-15-13(17)10-16(2)12-8-6-5-7-11(12)14/h11-12H,3-10,14H2,1-2H3,(H,15,17). The summed E-state index contributed by atoms with van der Waals surface area (Å²) in [4.78, 5) is 13.8. The van der Waals surface area contributed by atoms with E-state index >= 15 is 0 Å². The van der Waals surface area contributed by atoms with Gasteiger partial charge in [-0.2, -0.15) is 0 Å². The second-order valence-electron chi connectivity index (χ2n) is 5.13. The minimum Gasteiger partial charge on any atom is -0.355 e. The number of amides is 1. The van der Waals surface area contributed by atoms with Crippen molar-refractivity contribution in [2.24, 2.45) is 5.73 Å². The molecule has 1 aliphatic rings. The Morgan fingerprint density at radius 3 is 2.76 bits per heavy atom. The molecule has 0 aromatic rings. The smallest absolute Gasteiger partial charge is 0.234 e. The van der Waals surface area contributed by atoms with Gasteiger partial charge in [0.2, 0.25) is 5.91 Å². The maximum Gasteiger partial charge on any atom is 0.234 e. The minimum absolute atomic E-state index is 0.124. The van der Waals surface area contributed by atoms with Gasteiger partial charge in [-0.15, -0.1) is 0 Å². The Morgan fingerprint density at radius 1 is 1.41 bits per heavy atom. The van der Waals surface area contributed by atoms with Crippen LogP contribution in [-0.4, -0.2) is 43.0 Å². The number of nitrogens with two attached hydrogens (primary N) is 1. The largest absolute Gasteiger partial charge is 0.355 e. The summed E-state index contributed by atoms with van der Waals surface area (Å²) >= 11 is 0. The average Bonchev–Trinajstić information content (AvgIpc) is 2.29. The van der Waals surface area contributed by atoms with Crippen molar-refractivity contribution in [1.82, 2.24) is 10.2 Å². The Hall–Kier alpha value is -0.610. The molecule has 17 heavy (non-hydrogen) atoms. The highest BCUT2D eigenvalue weighted by Gasteiger charge is 2.26. The molecule has 4 nitrogen and oxygen atoms in total. The molecule has 1 aliphatic carbocycles. The predicted molar refractivity (Wildman–Crippen MR) is 70.8 cm³/mol.